The van der Waals surface area contributed by atoms with Crippen molar-refractivity contribution in [2.24, 2.45) is 5.92 Å². The summed E-state index contributed by atoms with van der Waals surface area (Å²) in [4.78, 5) is 17.5. The minimum absolute atomic E-state index is 0.0334. The number of nitro groups is 1. The van der Waals surface area contributed by atoms with Crippen LogP contribution in [0.15, 0.2) is 24.4 Å². The minimum atomic E-state index is -0.377. The lowest BCUT2D eigenvalue weighted by molar-refractivity contribution is -0.391. The number of aliphatic hydroxyl groups excluding tert-OH is 1. The van der Waals surface area contributed by atoms with Crippen LogP contribution in [0.4, 0.5) is 5.82 Å². The SMILES string of the molecule is CC(O)C1CCN(Cc2nc3ccccn3c2[N+](=O)[O-])C1. The van der Waals surface area contributed by atoms with Gasteiger partial charge in [0.2, 0.25) is 5.65 Å². The summed E-state index contributed by atoms with van der Waals surface area (Å²) >= 11 is 0. The van der Waals surface area contributed by atoms with Gasteiger partial charge < -0.3 is 15.2 Å². The number of aliphatic hydroxyl groups is 1. The van der Waals surface area contributed by atoms with E-state index in [1.54, 1.807) is 25.3 Å². The van der Waals surface area contributed by atoms with Crippen LogP contribution in [0.2, 0.25) is 0 Å². The Morgan fingerprint density at radius 1 is 1.57 bits per heavy atom. The van der Waals surface area contributed by atoms with E-state index in [1.165, 1.54) is 4.40 Å². The van der Waals surface area contributed by atoms with Crippen LogP contribution in [-0.4, -0.2) is 43.5 Å². The van der Waals surface area contributed by atoms with Gasteiger partial charge in [-0.1, -0.05) is 6.07 Å². The summed E-state index contributed by atoms with van der Waals surface area (Å²) in [5.74, 6) is 0.271. The molecule has 7 nitrogen and oxygen atoms in total. The third-order valence-corrected chi connectivity index (χ3v) is 4.11. The van der Waals surface area contributed by atoms with Gasteiger partial charge in [-0.05, 0) is 36.8 Å². The fourth-order valence-electron chi connectivity index (χ4n) is 2.94. The molecule has 1 saturated heterocycles. The van der Waals surface area contributed by atoms with Crippen molar-refractivity contribution in [3.63, 3.8) is 0 Å². The van der Waals surface area contributed by atoms with Gasteiger partial charge in [0.25, 0.3) is 0 Å². The van der Waals surface area contributed by atoms with Crippen molar-refractivity contribution in [3.8, 4) is 0 Å². The van der Waals surface area contributed by atoms with E-state index in [1.807, 2.05) is 6.07 Å². The lowest BCUT2D eigenvalue weighted by atomic mass is 10.0. The quantitative estimate of drug-likeness (QED) is 0.680. The number of hydrogen-bond acceptors (Lipinski definition) is 5. The van der Waals surface area contributed by atoms with Crippen molar-refractivity contribution in [2.75, 3.05) is 13.1 Å². The molecule has 0 aliphatic carbocycles. The van der Waals surface area contributed by atoms with Gasteiger partial charge in [-0.3, -0.25) is 4.90 Å². The molecule has 2 aromatic heterocycles. The molecule has 1 fully saturated rings. The Morgan fingerprint density at radius 2 is 2.38 bits per heavy atom. The Hall–Kier alpha value is -1.99. The Labute approximate surface area is 122 Å². The van der Waals surface area contributed by atoms with Gasteiger partial charge in [0.1, 0.15) is 0 Å². The molecule has 1 N–H and O–H groups in total. The normalized spacial score (nSPS) is 21.0. The molecule has 2 atom stereocenters. The number of rotatable bonds is 4. The highest BCUT2D eigenvalue weighted by atomic mass is 16.6. The number of pyridine rings is 1. The zero-order valence-electron chi connectivity index (χ0n) is 11.8. The highest BCUT2D eigenvalue weighted by Gasteiger charge is 2.29. The number of fused-ring (bicyclic) bond motifs is 1. The van der Waals surface area contributed by atoms with Crippen LogP contribution in [0.25, 0.3) is 5.65 Å². The molecule has 0 aromatic carbocycles. The maximum absolute atomic E-state index is 11.3. The predicted octanol–water partition coefficient (Wildman–Crippen LogP) is 1.45. The first-order valence-corrected chi connectivity index (χ1v) is 7.07. The Kier molecular flexibility index (Phi) is 3.60. The van der Waals surface area contributed by atoms with E-state index in [9.17, 15) is 15.2 Å². The summed E-state index contributed by atoms with van der Waals surface area (Å²) in [6.45, 7) is 3.83. The summed E-state index contributed by atoms with van der Waals surface area (Å²) in [5.41, 5.74) is 1.07. The van der Waals surface area contributed by atoms with Crippen molar-refractivity contribution < 1.29 is 10.0 Å². The number of imidazole rings is 1. The van der Waals surface area contributed by atoms with Gasteiger partial charge in [-0.25, -0.2) is 4.98 Å². The lowest BCUT2D eigenvalue weighted by Gasteiger charge is -2.15. The maximum Gasteiger partial charge on any atom is 0.352 e. The molecule has 2 aromatic rings. The van der Waals surface area contributed by atoms with Crippen LogP contribution < -0.4 is 0 Å². The summed E-state index contributed by atoms with van der Waals surface area (Å²) in [5, 5.41) is 21.0. The molecule has 3 rings (SSSR count). The van der Waals surface area contributed by atoms with Crippen LogP contribution in [0.1, 0.15) is 19.0 Å². The molecule has 0 saturated carbocycles. The van der Waals surface area contributed by atoms with Gasteiger partial charge >= 0.3 is 5.82 Å². The fourth-order valence-corrected chi connectivity index (χ4v) is 2.94. The fraction of sp³-hybridized carbons (Fsp3) is 0.500. The van der Waals surface area contributed by atoms with E-state index >= 15 is 0 Å². The predicted molar refractivity (Wildman–Crippen MR) is 76.9 cm³/mol. The van der Waals surface area contributed by atoms with Crippen molar-refractivity contribution in [1.29, 1.82) is 0 Å². The second kappa shape index (κ2) is 5.42. The highest BCUT2D eigenvalue weighted by molar-refractivity contribution is 5.48. The van der Waals surface area contributed by atoms with Crippen LogP contribution in [-0.2, 0) is 6.54 Å². The molecule has 0 amide bonds. The average Bonchev–Trinajstić information content (AvgIpc) is 3.02. The van der Waals surface area contributed by atoms with Crippen molar-refractivity contribution >= 4 is 11.5 Å². The van der Waals surface area contributed by atoms with Gasteiger partial charge in [-0.15, -0.1) is 0 Å². The van der Waals surface area contributed by atoms with Crippen LogP contribution in [0.5, 0.6) is 0 Å². The van der Waals surface area contributed by atoms with E-state index < -0.39 is 0 Å². The smallest absolute Gasteiger partial charge is 0.352 e. The maximum atomic E-state index is 11.3. The summed E-state index contributed by atoms with van der Waals surface area (Å²) in [7, 11) is 0. The van der Waals surface area contributed by atoms with Crippen LogP contribution in [0.3, 0.4) is 0 Å². The summed E-state index contributed by atoms with van der Waals surface area (Å²) in [6, 6.07) is 5.33. The van der Waals surface area contributed by atoms with Gasteiger partial charge in [0.05, 0.1) is 12.3 Å². The van der Waals surface area contributed by atoms with Gasteiger partial charge in [0.15, 0.2) is 5.69 Å². The standard InChI is InChI=1S/C14H18N4O3/c1-10(19)11-5-7-16(8-11)9-12-14(18(20)21)17-6-3-2-4-13(17)15-12/h2-4,6,10-11,19H,5,7-9H2,1H3. The van der Waals surface area contributed by atoms with Crippen LogP contribution >= 0.6 is 0 Å². The Bertz CT molecular complexity index is 667. The van der Waals surface area contributed by atoms with E-state index in [-0.39, 0.29) is 22.8 Å². The van der Waals surface area contributed by atoms with E-state index in [0.29, 0.717) is 17.9 Å². The van der Waals surface area contributed by atoms with Gasteiger partial charge in [0, 0.05) is 19.2 Å². The van der Waals surface area contributed by atoms with Crippen LogP contribution in [0, 0.1) is 16.0 Å². The summed E-state index contributed by atoms with van der Waals surface area (Å²) < 4.78 is 1.51. The average molecular weight is 290 g/mol. The molecule has 1 aliphatic heterocycles. The first kappa shape index (κ1) is 14.0. The molecular formula is C14H18N4O3. The van der Waals surface area contributed by atoms with Crippen molar-refractivity contribution in [1.82, 2.24) is 14.3 Å². The monoisotopic (exact) mass is 290 g/mol. The Balaban J connectivity index is 1.87. The third-order valence-electron chi connectivity index (χ3n) is 4.11. The molecule has 0 bridgehead atoms. The first-order chi connectivity index (χ1) is 10.1. The molecule has 0 spiro atoms. The second-order valence-corrected chi connectivity index (χ2v) is 5.59. The largest absolute Gasteiger partial charge is 0.393 e. The number of nitrogens with zero attached hydrogens (tertiary/aromatic N) is 4. The molecule has 1 aliphatic rings. The van der Waals surface area contributed by atoms with Gasteiger partial charge in [-0.2, -0.15) is 4.40 Å². The molecular weight excluding hydrogens is 272 g/mol. The summed E-state index contributed by atoms with van der Waals surface area (Å²) in [6.07, 6.45) is 2.23. The van der Waals surface area contributed by atoms with E-state index in [4.69, 9.17) is 0 Å². The molecule has 0 radical (unpaired) electrons. The second-order valence-electron chi connectivity index (χ2n) is 5.59. The first-order valence-electron chi connectivity index (χ1n) is 7.07. The highest BCUT2D eigenvalue weighted by Crippen LogP contribution is 2.26. The molecule has 2 unspecified atom stereocenters. The van der Waals surface area contributed by atoms with Crippen molar-refractivity contribution in [2.45, 2.75) is 26.0 Å². The van der Waals surface area contributed by atoms with Crippen molar-refractivity contribution in [3.05, 3.63) is 40.2 Å². The third kappa shape index (κ3) is 2.62. The molecule has 3 heterocycles. The Morgan fingerprint density at radius 3 is 3.05 bits per heavy atom. The van der Waals surface area contributed by atoms with E-state index in [2.05, 4.69) is 9.88 Å². The number of aromatic nitrogens is 2. The molecule has 7 heteroatoms. The molecule has 21 heavy (non-hydrogen) atoms. The molecule has 112 valence electrons. The minimum Gasteiger partial charge on any atom is -0.393 e. The number of hydrogen-bond donors (Lipinski definition) is 1. The van der Waals surface area contributed by atoms with E-state index in [0.717, 1.165) is 19.5 Å². The number of likely N-dealkylation sites (tertiary alicyclic amines) is 1. The lowest BCUT2D eigenvalue weighted by Crippen LogP contribution is -2.24. The zero-order chi connectivity index (χ0) is 15.0. The zero-order valence-corrected chi connectivity index (χ0v) is 11.8. The topological polar surface area (TPSA) is 83.9 Å².